The van der Waals surface area contributed by atoms with E-state index in [1.807, 2.05) is 42.6 Å². The molecule has 0 radical (unpaired) electrons. The highest BCUT2D eigenvalue weighted by Crippen LogP contribution is 2.07. The van der Waals surface area contributed by atoms with E-state index in [0.717, 1.165) is 18.6 Å². The molecular weight excluding hydrogens is 274 g/mol. The fraction of sp³-hybridized carbons (Fsp3) is 0.278. The van der Waals surface area contributed by atoms with Crippen LogP contribution in [0.15, 0.2) is 71.7 Å². The first-order valence-corrected chi connectivity index (χ1v) is 7.69. The van der Waals surface area contributed by atoms with Crippen LogP contribution in [0, 0.1) is 0 Å². The van der Waals surface area contributed by atoms with Crippen molar-refractivity contribution < 1.29 is 4.42 Å². The second-order valence-electron chi connectivity index (χ2n) is 4.90. The van der Waals surface area contributed by atoms with Gasteiger partial charge in [0.1, 0.15) is 0 Å². The monoisotopic (exact) mass is 297 g/mol. The Morgan fingerprint density at radius 1 is 0.773 bits per heavy atom. The van der Waals surface area contributed by atoms with Crippen LogP contribution in [0.5, 0.6) is 0 Å². The molecule has 0 aliphatic carbocycles. The maximum Gasteiger partial charge on any atom is 0.0902 e. The molecule has 4 rings (SSSR count). The van der Waals surface area contributed by atoms with Crippen LogP contribution in [0.4, 0.5) is 0 Å². The summed E-state index contributed by atoms with van der Waals surface area (Å²) >= 11 is 0. The van der Waals surface area contributed by atoms with Gasteiger partial charge in [-0.1, -0.05) is 30.7 Å². The zero-order chi connectivity index (χ0) is 15.3. The molecule has 4 nitrogen and oxygen atoms in total. The molecule has 0 amide bonds. The van der Waals surface area contributed by atoms with Crippen LogP contribution in [-0.2, 0) is 0 Å². The number of hydrazine groups is 1. The topological polar surface area (TPSA) is 50.1 Å². The first-order chi connectivity index (χ1) is 11.0. The minimum absolute atomic E-state index is 1.06. The molecule has 1 aliphatic heterocycles. The summed E-state index contributed by atoms with van der Waals surface area (Å²) in [5.41, 5.74) is 7.25. The molecular formula is C18H23N3O. The number of hydrogen-bond acceptors (Lipinski definition) is 4. The standard InChI is InChI=1S/C9H7N.C5H12N2.C4H4O/c1-2-6-9-8(4-1)5-3-7-10-9;1-2-4-6-7-5-3-1;1-2-4-5-3-1/h1-7H;6-7H,1-5H2;1-4H. The zero-order valence-electron chi connectivity index (χ0n) is 12.7. The number of furan rings is 1. The molecule has 0 spiro atoms. The zero-order valence-corrected chi connectivity index (χ0v) is 12.7. The Bertz CT molecular complexity index is 508. The molecule has 0 unspecified atom stereocenters. The van der Waals surface area contributed by atoms with Gasteiger partial charge in [0.2, 0.25) is 0 Å². The van der Waals surface area contributed by atoms with Gasteiger partial charge in [0, 0.05) is 24.7 Å². The van der Waals surface area contributed by atoms with E-state index in [9.17, 15) is 0 Å². The summed E-state index contributed by atoms with van der Waals surface area (Å²) in [5, 5.41) is 1.20. The first-order valence-electron chi connectivity index (χ1n) is 7.69. The number of pyridine rings is 1. The van der Waals surface area contributed by atoms with E-state index in [1.54, 1.807) is 12.5 Å². The molecule has 1 fully saturated rings. The maximum absolute atomic E-state index is 4.58. The van der Waals surface area contributed by atoms with Crippen molar-refractivity contribution in [2.45, 2.75) is 19.3 Å². The van der Waals surface area contributed by atoms with E-state index in [-0.39, 0.29) is 0 Å². The summed E-state index contributed by atoms with van der Waals surface area (Å²) in [6.45, 7) is 2.28. The Labute approximate surface area is 131 Å². The van der Waals surface area contributed by atoms with Crippen LogP contribution in [0.3, 0.4) is 0 Å². The normalized spacial score (nSPS) is 14.0. The molecule has 4 heteroatoms. The highest BCUT2D eigenvalue weighted by atomic mass is 16.3. The number of benzene rings is 1. The molecule has 22 heavy (non-hydrogen) atoms. The van der Waals surface area contributed by atoms with Crippen molar-refractivity contribution in [2.24, 2.45) is 0 Å². The van der Waals surface area contributed by atoms with Crippen LogP contribution in [-0.4, -0.2) is 18.1 Å². The van der Waals surface area contributed by atoms with Crippen molar-refractivity contribution in [3.63, 3.8) is 0 Å². The van der Waals surface area contributed by atoms with Crippen molar-refractivity contribution in [3.8, 4) is 0 Å². The number of fused-ring (bicyclic) bond motifs is 1. The molecule has 2 N–H and O–H groups in total. The summed E-state index contributed by atoms with van der Waals surface area (Å²) in [4.78, 5) is 4.18. The summed E-state index contributed by atoms with van der Waals surface area (Å²) in [5.74, 6) is 0. The van der Waals surface area contributed by atoms with Gasteiger partial charge in [-0.3, -0.25) is 15.8 Å². The maximum atomic E-state index is 4.58. The van der Waals surface area contributed by atoms with E-state index in [4.69, 9.17) is 0 Å². The summed E-state index contributed by atoms with van der Waals surface area (Å²) < 4.78 is 4.58. The van der Waals surface area contributed by atoms with Gasteiger partial charge in [-0.25, -0.2) is 0 Å². The average Bonchev–Trinajstić information content (AvgIpc) is 3.04. The number of aromatic nitrogens is 1. The Kier molecular flexibility index (Phi) is 7.76. The SMILES string of the molecule is C1CCNNCC1.c1ccc2ncccc2c1.c1ccoc1. The van der Waals surface area contributed by atoms with Crippen LogP contribution >= 0.6 is 0 Å². The van der Waals surface area contributed by atoms with E-state index >= 15 is 0 Å². The molecule has 3 aromatic rings. The third-order valence-electron chi connectivity index (χ3n) is 3.17. The lowest BCUT2D eigenvalue weighted by Crippen LogP contribution is -2.30. The largest absolute Gasteiger partial charge is 0.473 e. The third kappa shape index (κ3) is 6.52. The van der Waals surface area contributed by atoms with E-state index in [2.05, 4.69) is 32.4 Å². The predicted molar refractivity (Wildman–Crippen MR) is 90.3 cm³/mol. The van der Waals surface area contributed by atoms with Gasteiger partial charge in [-0.15, -0.1) is 0 Å². The van der Waals surface area contributed by atoms with Crippen molar-refractivity contribution >= 4 is 10.9 Å². The number of hydrogen-bond donors (Lipinski definition) is 2. The van der Waals surface area contributed by atoms with Crippen molar-refractivity contribution in [2.75, 3.05) is 13.1 Å². The van der Waals surface area contributed by atoms with Gasteiger partial charge in [-0.2, -0.15) is 0 Å². The van der Waals surface area contributed by atoms with Gasteiger partial charge >= 0.3 is 0 Å². The Hall–Kier alpha value is -2.17. The highest BCUT2D eigenvalue weighted by Gasteiger charge is 1.92. The van der Waals surface area contributed by atoms with Gasteiger partial charge in [-0.05, 0) is 37.1 Å². The third-order valence-corrected chi connectivity index (χ3v) is 3.17. The van der Waals surface area contributed by atoms with E-state index in [1.165, 1.54) is 24.6 Å². The molecule has 1 aliphatic rings. The predicted octanol–water partition coefficient (Wildman–Crippen LogP) is 3.78. The quantitative estimate of drug-likeness (QED) is 0.663. The van der Waals surface area contributed by atoms with E-state index < -0.39 is 0 Å². The minimum atomic E-state index is 1.06. The van der Waals surface area contributed by atoms with Gasteiger partial charge < -0.3 is 4.42 Å². The molecule has 116 valence electrons. The molecule has 0 atom stereocenters. The number of para-hydroxylation sites is 1. The average molecular weight is 297 g/mol. The lowest BCUT2D eigenvalue weighted by atomic mass is 10.2. The molecule has 0 saturated carbocycles. The lowest BCUT2D eigenvalue weighted by Gasteiger charge is -1.95. The second-order valence-corrected chi connectivity index (χ2v) is 4.90. The van der Waals surface area contributed by atoms with Crippen LogP contribution in [0.1, 0.15) is 19.3 Å². The summed E-state index contributed by atoms with van der Waals surface area (Å²) in [7, 11) is 0. The molecule has 1 aromatic carbocycles. The number of rotatable bonds is 0. The Balaban J connectivity index is 0.000000129. The molecule has 1 saturated heterocycles. The molecule has 3 heterocycles. The van der Waals surface area contributed by atoms with Crippen LogP contribution < -0.4 is 10.9 Å². The van der Waals surface area contributed by atoms with Crippen LogP contribution in [0.2, 0.25) is 0 Å². The Morgan fingerprint density at radius 3 is 2.09 bits per heavy atom. The van der Waals surface area contributed by atoms with Crippen LogP contribution in [0.25, 0.3) is 10.9 Å². The second kappa shape index (κ2) is 10.5. The summed E-state index contributed by atoms with van der Waals surface area (Å²) in [6, 6.07) is 15.8. The number of nitrogens with zero attached hydrogens (tertiary/aromatic N) is 1. The minimum Gasteiger partial charge on any atom is -0.473 e. The van der Waals surface area contributed by atoms with Gasteiger partial charge in [0.25, 0.3) is 0 Å². The highest BCUT2D eigenvalue weighted by molar-refractivity contribution is 5.77. The van der Waals surface area contributed by atoms with Gasteiger partial charge in [0.05, 0.1) is 18.0 Å². The van der Waals surface area contributed by atoms with Crippen molar-refractivity contribution in [1.82, 2.24) is 15.8 Å². The number of nitrogens with one attached hydrogen (secondary N) is 2. The molecule has 0 bridgehead atoms. The van der Waals surface area contributed by atoms with Crippen molar-refractivity contribution in [3.05, 3.63) is 67.3 Å². The first kappa shape index (κ1) is 16.2. The smallest absolute Gasteiger partial charge is 0.0902 e. The van der Waals surface area contributed by atoms with Gasteiger partial charge in [0.15, 0.2) is 0 Å². The molecule has 2 aromatic heterocycles. The fourth-order valence-corrected chi connectivity index (χ4v) is 2.02. The lowest BCUT2D eigenvalue weighted by molar-refractivity contribution is 0.567. The summed E-state index contributed by atoms with van der Waals surface area (Å²) in [6.07, 6.45) is 9.09. The fourth-order valence-electron chi connectivity index (χ4n) is 2.02. The van der Waals surface area contributed by atoms with Crippen molar-refractivity contribution in [1.29, 1.82) is 0 Å². The Morgan fingerprint density at radius 2 is 1.45 bits per heavy atom. The van der Waals surface area contributed by atoms with E-state index in [0.29, 0.717) is 0 Å².